The summed E-state index contributed by atoms with van der Waals surface area (Å²) < 4.78 is 11.3. The van der Waals surface area contributed by atoms with Gasteiger partial charge < -0.3 is 14.8 Å². The predicted octanol–water partition coefficient (Wildman–Crippen LogP) is 2.21. The highest BCUT2D eigenvalue weighted by Gasteiger charge is 2.25. The minimum absolute atomic E-state index is 0.490. The SMILES string of the molecule is CCNC(COCCC1CCC1)C1CCOC1. The molecule has 17 heavy (non-hydrogen) atoms. The van der Waals surface area contributed by atoms with Gasteiger partial charge in [-0.3, -0.25) is 0 Å². The summed E-state index contributed by atoms with van der Waals surface area (Å²) in [6.45, 7) is 6.82. The van der Waals surface area contributed by atoms with Crippen molar-refractivity contribution in [1.82, 2.24) is 5.32 Å². The van der Waals surface area contributed by atoms with Gasteiger partial charge in [0.15, 0.2) is 0 Å². The molecule has 1 heterocycles. The van der Waals surface area contributed by atoms with Crippen LogP contribution >= 0.6 is 0 Å². The fraction of sp³-hybridized carbons (Fsp3) is 1.00. The maximum Gasteiger partial charge on any atom is 0.0623 e. The minimum Gasteiger partial charge on any atom is -0.381 e. The van der Waals surface area contributed by atoms with Crippen LogP contribution in [0.5, 0.6) is 0 Å². The average molecular weight is 241 g/mol. The molecule has 0 aromatic carbocycles. The van der Waals surface area contributed by atoms with Crippen molar-refractivity contribution in [3.8, 4) is 0 Å². The van der Waals surface area contributed by atoms with Gasteiger partial charge in [-0.15, -0.1) is 0 Å². The van der Waals surface area contributed by atoms with Gasteiger partial charge in [0.25, 0.3) is 0 Å². The summed E-state index contributed by atoms with van der Waals surface area (Å²) in [5, 5.41) is 3.54. The fourth-order valence-corrected chi connectivity index (χ4v) is 2.74. The van der Waals surface area contributed by atoms with Crippen LogP contribution in [0.2, 0.25) is 0 Å². The third kappa shape index (κ3) is 4.23. The van der Waals surface area contributed by atoms with Crippen molar-refractivity contribution in [3.05, 3.63) is 0 Å². The summed E-state index contributed by atoms with van der Waals surface area (Å²) in [6.07, 6.45) is 6.74. The topological polar surface area (TPSA) is 30.5 Å². The first-order chi connectivity index (χ1) is 8.40. The van der Waals surface area contributed by atoms with E-state index in [-0.39, 0.29) is 0 Å². The van der Waals surface area contributed by atoms with Gasteiger partial charge in [-0.1, -0.05) is 26.2 Å². The zero-order chi connectivity index (χ0) is 11.9. The summed E-state index contributed by atoms with van der Waals surface area (Å²) in [7, 11) is 0. The lowest BCUT2D eigenvalue weighted by Crippen LogP contribution is -2.40. The monoisotopic (exact) mass is 241 g/mol. The van der Waals surface area contributed by atoms with Crippen LogP contribution in [0.15, 0.2) is 0 Å². The molecule has 0 aromatic heterocycles. The summed E-state index contributed by atoms with van der Waals surface area (Å²) in [5.74, 6) is 1.61. The number of hydrogen-bond donors (Lipinski definition) is 1. The Morgan fingerprint density at radius 2 is 2.24 bits per heavy atom. The normalized spacial score (nSPS) is 27.0. The minimum atomic E-state index is 0.490. The quantitative estimate of drug-likeness (QED) is 0.661. The third-order valence-electron chi connectivity index (χ3n) is 4.19. The van der Waals surface area contributed by atoms with Crippen molar-refractivity contribution >= 4 is 0 Å². The smallest absolute Gasteiger partial charge is 0.0623 e. The van der Waals surface area contributed by atoms with Gasteiger partial charge in [0.2, 0.25) is 0 Å². The number of likely N-dealkylation sites (N-methyl/N-ethyl adjacent to an activating group) is 1. The molecule has 100 valence electrons. The highest BCUT2D eigenvalue weighted by Crippen LogP contribution is 2.29. The van der Waals surface area contributed by atoms with E-state index in [9.17, 15) is 0 Å². The van der Waals surface area contributed by atoms with E-state index in [1.54, 1.807) is 0 Å². The second kappa shape index (κ2) is 7.34. The summed E-state index contributed by atoms with van der Waals surface area (Å²) in [6, 6.07) is 0.490. The maximum atomic E-state index is 5.85. The van der Waals surface area contributed by atoms with Gasteiger partial charge in [-0.2, -0.15) is 0 Å². The van der Waals surface area contributed by atoms with Gasteiger partial charge in [0, 0.05) is 25.2 Å². The van der Waals surface area contributed by atoms with Gasteiger partial charge >= 0.3 is 0 Å². The third-order valence-corrected chi connectivity index (χ3v) is 4.19. The van der Waals surface area contributed by atoms with Crippen LogP contribution in [0, 0.1) is 11.8 Å². The molecule has 2 aliphatic rings. The summed E-state index contributed by atoms with van der Waals surface area (Å²) in [4.78, 5) is 0. The van der Waals surface area contributed by atoms with Crippen LogP contribution in [-0.2, 0) is 9.47 Å². The van der Waals surface area contributed by atoms with Gasteiger partial charge in [0.05, 0.1) is 13.2 Å². The molecule has 1 saturated carbocycles. The van der Waals surface area contributed by atoms with E-state index in [1.165, 1.54) is 32.1 Å². The molecular formula is C14H27NO2. The molecular weight excluding hydrogens is 214 g/mol. The molecule has 0 bridgehead atoms. The molecule has 3 heteroatoms. The van der Waals surface area contributed by atoms with Crippen molar-refractivity contribution in [3.63, 3.8) is 0 Å². The molecule has 0 aromatic rings. The Bertz CT molecular complexity index is 200. The molecule has 0 spiro atoms. The van der Waals surface area contributed by atoms with Crippen LogP contribution in [0.4, 0.5) is 0 Å². The lowest BCUT2D eigenvalue weighted by molar-refractivity contribution is 0.0715. The van der Waals surface area contributed by atoms with E-state index in [0.717, 1.165) is 38.9 Å². The van der Waals surface area contributed by atoms with E-state index < -0.39 is 0 Å². The fourth-order valence-electron chi connectivity index (χ4n) is 2.74. The first-order valence-electron chi connectivity index (χ1n) is 7.29. The van der Waals surface area contributed by atoms with Crippen molar-refractivity contribution < 1.29 is 9.47 Å². The molecule has 0 amide bonds. The molecule has 2 unspecified atom stereocenters. The van der Waals surface area contributed by atoms with Crippen molar-refractivity contribution in [2.24, 2.45) is 11.8 Å². The van der Waals surface area contributed by atoms with Crippen molar-refractivity contribution in [1.29, 1.82) is 0 Å². The standard InChI is InChI=1S/C14H27NO2/c1-2-15-14(13-7-9-16-10-13)11-17-8-6-12-4-3-5-12/h12-15H,2-11H2,1H3. The van der Waals surface area contributed by atoms with Crippen LogP contribution in [0.1, 0.15) is 39.0 Å². The van der Waals surface area contributed by atoms with Crippen LogP contribution in [-0.4, -0.2) is 39.0 Å². The highest BCUT2D eigenvalue weighted by molar-refractivity contribution is 4.79. The van der Waals surface area contributed by atoms with Crippen LogP contribution in [0.3, 0.4) is 0 Å². The Balaban J connectivity index is 1.58. The van der Waals surface area contributed by atoms with Crippen LogP contribution in [0.25, 0.3) is 0 Å². The molecule has 1 saturated heterocycles. The van der Waals surface area contributed by atoms with Crippen molar-refractivity contribution in [2.75, 3.05) is 33.0 Å². The highest BCUT2D eigenvalue weighted by atomic mass is 16.5. The van der Waals surface area contributed by atoms with E-state index in [1.807, 2.05) is 0 Å². The summed E-state index contributed by atoms with van der Waals surface area (Å²) >= 11 is 0. The van der Waals surface area contributed by atoms with Crippen molar-refractivity contribution in [2.45, 2.75) is 45.1 Å². The first-order valence-corrected chi connectivity index (χ1v) is 7.29. The number of ether oxygens (including phenoxy) is 2. The first kappa shape index (κ1) is 13.3. The molecule has 1 aliphatic carbocycles. The van der Waals surface area contributed by atoms with E-state index in [4.69, 9.17) is 9.47 Å². The zero-order valence-electron chi connectivity index (χ0n) is 11.1. The average Bonchev–Trinajstić information content (AvgIpc) is 2.78. The summed E-state index contributed by atoms with van der Waals surface area (Å²) in [5.41, 5.74) is 0. The Labute approximate surface area is 105 Å². The zero-order valence-corrected chi connectivity index (χ0v) is 11.1. The van der Waals surface area contributed by atoms with E-state index in [0.29, 0.717) is 12.0 Å². The van der Waals surface area contributed by atoms with Gasteiger partial charge in [-0.05, 0) is 25.3 Å². The predicted molar refractivity (Wildman–Crippen MR) is 69.2 cm³/mol. The molecule has 1 N–H and O–H groups in total. The molecule has 1 aliphatic heterocycles. The second-order valence-corrected chi connectivity index (χ2v) is 5.45. The van der Waals surface area contributed by atoms with Gasteiger partial charge in [-0.25, -0.2) is 0 Å². The lowest BCUT2D eigenvalue weighted by atomic mass is 9.83. The molecule has 2 fully saturated rings. The Morgan fingerprint density at radius 1 is 1.35 bits per heavy atom. The second-order valence-electron chi connectivity index (χ2n) is 5.45. The molecule has 2 atom stereocenters. The van der Waals surface area contributed by atoms with Crippen LogP contribution < -0.4 is 5.32 Å². The Hall–Kier alpha value is -0.120. The number of hydrogen-bond acceptors (Lipinski definition) is 3. The number of nitrogens with one attached hydrogen (secondary N) is 1. The van der Waals surface area contributed by atoms with Gasteiger partial charge in [0.1, 0.15) is 0 Å². The Kier molecular flexibility index (Phi) is 5.75. The lowest BCUT2D eigenvalue weighted by Gasteiger charge is -2.26. The van der Waals surface area contributed by atoms with E-state index >= 15 is 0 Å². The molecule has 0 radical (unpaired) electrons. The Morgan fingerprint density at radius 3 is 2.82 bits per heavy atom. The maximum absolute atomic E-state index is 5.85. The number of rotatable bonds is 8. The largest absolute Gasteiger partial charge is 0.381 e. The molecule has 2 rings (SSSR count). The van der Waals surface area contributed by atoms with E-state index in [2.05, 4.69) is 12.2 Å². The molecule has 3 nitrogen and oxygen atoms in total.